The summed E-state index contributed by atoms with van der Waals surface area (Å²) in [6.07, 6.45) is 1.49. The quantitative estimate of drug-likeness (QED) is 0.709. The molecule has 1 fully saturated rings. The third-order valence-corrected chi connectivity index (χ3v) is 4.96. The van der Waals surface area contributed by atoms with Crippen LogP contribution in [-0.4, -0.2) is 66.8 Å². The smallest absolute Gasteiger partial charge is 0.309 e. The monoisotopic (exact) mass is 398 g/mol. The molecular weight excluding hydrogens is 372 g/mol. The highest BCUT2D eigenvalue weighted by molar-refractivity contribution is 6.35. The third-order valence-electron chi connectivity index (χ3n) is 4.96. The van der Waals surface area contributed by atoms with Gasteiger partial charge < -0.3 is 20.0 Å². The maximum Gasteiger partial charge on any atom is 0.309 e. The van der Waals surface area contributed by atoms with E-state index < -0.39 is 11.8 Å². The van der Waals surface area contributed by atoms with Crippen molar-refractivity contribution in [3.05, 3.63) is 60.1 Å². The van der Waals surface area contributed by atoms with Gasteiger partial charge in [-0.2, -0.15) is 0 Å². The molecule has 1 aromatic heterocycles. The molecular formula is C21H26N4O4. The minimum Gasteiger partial charge on any atom is -0.459 e. The Morgan fingerprint density at radius 3 is 2.38 bits per heavy atom. The molecule has 0 unspecified atom stereocenters. The Morgan fingerprint density at radius 1 is 1.00 bits per heavy atom. The van der Waals surface area contributed by atoms with Crippen LogP contribution < -0.4 is 10.6 Å². The summed E-state index contributed by atoms with van der Waals surface area (Å²) in [5, 5.41) is 5.35. The zero-order chi connectivity index (χ0) is 20.6. The van der Waals surface area contributed by atoms with Crippen LogP contribution in [0.5, 0.6) is 0 Å². The molecule has 0 saturated carbocycles. The fourth-order valence-corrected chi connectivity index (χ4v) is 3.23. The van der Waals surface area contributed by atoms with Crippen LogP contribution in [0, 0.1) is 0 Å². The van der Waals surface area contributed by atoms with Gasteiger partial charge in [0.1, 0.15) is 0 Å². The molecule has 0 radical (unpaired) electrons. The van der Waals surface area contributed by atoms with Crippen molar-refractivity contribution in [2.45, 2.75) is 13.0 Å². The van der Waals surface area contributed by atoms with Crippen LogP contribution in [0.2, 0.25) is 0 Å². The second kappa shape index (κ2) is 9.88. The van der Waals surface area contributed by atoms with Gasteiger partial charge in [-0.15, -0.1) is 0 Å². The first kappa shape index (κ1) is 20.6. The van der Waals surface area contributed by atoms with E-state index in [1.807, 2.05) is 37.3 Å². The highest BCUT2D eigenvalue weighted by atomic mass is 16.3. The molecule has 3 amide bonds. The number of furan rings is 1. The van der Waals surface area contributed by atoms with Crippen LogP contribution in [0.15, 0.2) is 53.1 Å². The number of carbonyl (C=O) groups excluding carboxylic acids is 3. The minimum absolute atomic E-state index is 0.104. The van der Waals surface area contributed by atoms with Gasteiger partial charge >= 0.3 is 11.8 Å². The summed E-state index contributed by atoms with van der Waals surface area (Å²) < 4.78 is 5.15. The molecule has 1 aliphatic rings. The topological polar surface area (TPSA) is 94.9 Å². The second-order valence-electron chi connectivity index (χ2n) is 6.97. The van der Waals surface area contributed by atoms with Crippen LogP contribution >= 0.6 is 0 Å². The number of hydrogen-bond donors (Lipinski definition) is 2. The maximum absolute atomic E-state index is 12.2. The van der Waals surface area contributed by atoms with Gasteiger partial charge in [0.15, 0.2) is 5.76 Å². The van der Waals surface area contributed by atoms with Gasteiger partial charge in [-0.05, 0) is 24.6 Å². The summed E-state index contributed by atoms with van der Waals surface area (Å²) in [6.45, 7) is 5.45. The van der Waals surface area contributed by atoms with Crippen molar-refractivity contribution in [1.29, 1.82) is 0 Å². The molecule has 1 aromatic carbocycles. The van der Waals surface area contributed by atoms with Gasteiger partial charge in [-0.25, -0.2) is 0 Å². The molecule has 8 nitrogen and oxygen atoms in total. The zero-order valence-corrected chi connectivity index (χ0v) is 16.5. The number of hydrogen-bond acceptors (Lipinski definition) is 5. The van der Waals surface area contributed by atoms with E-state index in [-0.39, 0.29) is 11.9 Å². The molecule has 3 rings (SSSR count). The Kier molecular flexibility index (Phi) is 7.02. The Hall–Kier alpha value is -3.13. The largest absolute Gasteiger partial charge is 0.459 e. The SMILES string of the molecule is C[C@H](NC(=O)C(=O)NCCN1CCN(C(=O)c2ccco2)CC1)c1ccccc1. The van der Waals surface area contributed by atoms with Crippen molar-refractivity contribution in [2.75, 3.05) is 39.3 Å². The number of rotatable bonds is 6. The Bertz CT molecular complexity index is 814. The molecule has 0 spiro atoms. The van der Waals surface area contributed by atoms with Crippen molar-refractivity contribution in [3.8, 4) is 0 Å². The molecule has 2 aromatic rings. The van der Waals surface area contributed by atoms with Crippen molar-refractivity contribution in [3.63, 3.8) is 0 Å². The average Bonchev–Trinajstić information content (AvgIpc) is 3.29. The lowest BCUT2D eigenvalue weighted by atomic mass is 10.1. The third kappa shape index (κ3) is 5.68. The number of nitrogens with zero attached hydrogens (tertiary/aromatic N) is 2. The number of amides is 3. The lowest BCUT2D eigenvalue weighted by molar-refractivity contribution is -0.139. The summed E-state index contributed by atoms with van der Waals surface area (Å²) in [6, 6.07) is 12.6. The van der Waals surface area contributed by atoms with Gasteiger partial charge in [-0.3, -0.25) is 19.3 Å². The lowest BCUT2D eigenvalue weighted by Gasteiger charge is -2.34. The molecule has 1 saturated heterocycles. The van der Waals surface area contributed by atoms with Crippen LogP contribution in [0.1, 0.15) is 29.1 Å². The maximum atomic E-state index is 12.2. The Morgan fingerprint density at radius 2 is 1.72 bits per heavy atom. The van der Waals surface area contributed by atoms with E-state index in [4.69, 9.17) is 4.42 Å². The minimum atomic E-state index is -0.643. The van der Waals surface area contributed by atoms with E-state index in [2.05, 4.69) is 15.5 Å². The van der Waals surface area contributed by atoms with Crippen molar-refractivity contribution in [1.82, 2.24) is 20.4 Å². The van der Waals surface area contributed by atoms with Crippen LogP contribution in [-0.2, 0) is 9.59 Å². The fraction of sp³-hybridized carbons (Fsp3) is 0.381. The lowest BCUT2D eigenvalue weighted by Crippen LogP contribution is -2.51. The zero-order valence-electron chi connectivity index (χ0n) is 16.5. The summed E-state index contributed by atoms with van der Waals surface area (Å²) in [4.78, 5) is 40.2. The molecule has 8 heteroatoms. The van der Waals surface area contributed by atoms with Crippen LogP contribution in [0.4, 0.5) is 0 Å². The number of piperazine rings is 1. The standard InChI is InChI=1S/C21H26N4O4/c1-16(17-6-3-2-4-7-17)23-20(27)19(26)22-9-10-24-11-13-25(14-12-24)21(28)18-8-5-15-29-18/h2-8,15-16H,9-14H2,1H3,(H,22,26)(H,23,27)/t16-/m0/s1. The van der Waals surface area contributed by atoms with Crippen molar-refractivity contribution < 1.29 is 18.8 Å². The van der Waals surface area contributed by atoms with E-state index >= 15 is 0 Å². The summed E-state index contributed by atoms with van der Waals surface area (Å²) in [5.74, 6) is -1.04. The first-order valence-electron chi connectivity index (χ1n) is 9.73. The summed E-state index contributed by atoms with van der Waals surface area (Å²) >= 11 is 0. The molecule has 2 N–H and O–H groups in total. The van der Waals surface area contributed by atoms with E-state index in [0.717, 1.165) is 5.56 Å². The van der Waals surface area contributed by atoms with Gasteiger partial charge in [0, 0.05) is 39.3 Å². The second-order valence-corrected chi connectivity index (χ2v) is 6.97. The van der Waals surface area contributed by atoms with E-state index in [1.54, 1.807) is 17.0 Å². The van der Waals surface area contributed by atoms with Crippen LogP contribution in [0.25, 0.3) is 0 Å². The van der Waals surface area contributed by atoms with E-state index in [0.29, 0.717) is 45.0 Å². The first-order chi connectivity index (χ1) is 14.0. The van der Waals surface area contributed by atoms with Gasteiger partial charge in [-0.1, -0.05) is 30.3 Å². The molecule has 1 aliphatic heterocycles. The highest BCUT2D eigenvalue weighted by Crippen LogP contribution is 2.11. The van der Waals surface area contributed by atoms with Gasteiger partial charge in [0.25, 0.3) is 5.91 Å². The summed E-state index contributed by atoms with van der Waals surface area (Å²) in [5.41, 5.74) is 0.940. The average molecular weight is 398 g/mol. The fourth-order valence-electron chi connectivity index (χ4n) is 3.23. The predicted octanol–water partition coefficient (Wildman–Crippen LogP) is 1.03. The van der Waals surface area contributed by atoms with Crippen molar-refractivity contribution in [2.24, 2.45) is 0 Å². The normalized spacial score (nSPS) is 15.6. The van der Waals surface area contributed by atoms with Crippen molar-refractivity contribution >= 4 is 17.7 Å². The summed E-state index contributed by atoms with van der Waals surface area (Å²) in [7, 11) is 0. The molecule has 1 atom stereocenters. The first-order valence-corrected chi connectivity index (χ1v) is 9.73. The molecule has 0 bridgehead atoms. The number of benzene rings is 1. The molecule has 154 valence electrons. The predicted molar refractivity (Wildman–Crippen MR) is 107 cm³/mol. The van der Waals surface area contributed by atoms with Gasteiger partial charge in [0.05, 0.1) is 12.3 Å². The van der Waals surface area contributed by atoms with Crippen LogP contribution in [0.3, 0.4) is 0 Å². The van der Waals surface area contributed by atoms with E-state index in [1.165, 1.54) is 6.26 Å². The molecule has 2 heterocycles. The highest BCUT2D eigenvalue weighted by Gasteiger charge is 2.23. The number of carbonyl (C=O) groups is 3. The number of nitrogens with one attached hydrogen (secondary N) is 2. The molecule has 29 heavy (non-hydrogen) atoms. The molecule has 0 aliphatic carbocycles. The van der Waals surface area contributed by atoms with E-state index in [9.17, 15) is 14.4 Å². The van der Waals surface area contributed by atoms with Gasteiger partial charge in [0.2, 0.25) is 0 Å². The Labute approximate surface area is 169 Å². The Balaban J connectivity index is 1.34.